The van der Waals surface area contributed by atoms with Crippen LogP contribution in [0.5, 0.6) is 0 Å². The molecule has 5 rings (SSSR count). The lowest BCUT2D eigenvalue weighted by Crippen LogP contribution is -2.45. The fourth-order valence-corrected chi connectivity index (χ4v) is 10.2. The van der Waals surface area contributed by atoms with Crippen molar-refractivity contribution in [2.24, 2.45) is 7.05 Å². The lowest BCUT2D eigenvalue weighted by molar-refractivity contribution is -0.659. The molecule has 1 nitrogen and oxygen atoms in total. The van der Waals surface area contributed by atoms with Gasteiger partial charge in [-0.3, -0.25) is 0 Å². The lowest BCUT2D eigenvalue weighted by atomic mass is 9.82. The molecule has 0 N–H and O–H groups in total. The quantitative estimate of drug-likeness (QED) is 0.308. The van der Waals surface area contributed by atoms with Gasteiger partial charge in [-0.25, -0.2) is 4.57 Å². The second-order valence-corrected chi connectivity index (χ2v) is 15.3. The van der Waals surface area contributed by atoms with E-state index in [0.717, 1.165) is 5.92 Å². The van der Waals surface area contributed by atoms with Crippen molar-refractivity contribution in [1.29, 1.82) is 0 Å². The highest BCUT2D eigenvalue weighted by Gasteiger charge is 2.31. The molecule has 0 unspecified atom stereocenters. The smallest absolute Gasteiger partial charge is 0.200 e. The summed E-state index contributed by atoms with van der Waals surface area (Å²) in [7, 11) is 0.925. The monoisotopic (exact) mass is 428 g/mol. The predicted molar refractivity (Wildman–Crippen MR) is 136 cm³/mol. The third-order valence-corrected chi connectivity index (χ3v) is 13.0. The molecule has 1 aliphatic heterocycles. The van der Waals surface area contributed by atoms with Crippen LogP contribution >= 0.6 is 0 Å². The van der Waals surface area contributed by atoms with Crippen LogP contribution in [0.15, 0.2) is 48.7 Å². The minimum atomic E-state index is -1.29. The van der Waals surface area contributed by atoms with Gasteiger partial charge < -0.3 is 0 Å². The van der Waals surface area contributed by atoms with Gasteiger partial charge >= 0.3 is 0 Å². The zero-order chi connectivity index (χ0) is 21.4. The van der Waals surface area contributed by atoms with E-state index < -0.39 is 8.07 Å². The number of fused-ring (bicyclic) bond motifs is 1. The topological polar surface area (TPSA) is 3.88 Å². The van der Waals surface area contributed by atoms with Gasteiger partial charge in [0.15, 0.2) is 6.20 Å². The van der Waals surface area contributed by atoms with Crippen LogP contribution in [0, 0.1) is 6.92 Å². The van der Waals surface area contributed by atoms with Crippen molar-refractivity contribution in [3.8, 4) is 11.3 Å². The highest BCUT2D eigenvalue weighted by atomic mass is 28.3. The first-order valence-electron chi connectivity index (χ1n) is 12.6. The molecule has 1 saturated heterocycles. The van der Waals surface area contributed by atoms with Crippen molar-refractivity contribution < 1.29 is 4.57 Å². The Kier molecular flexibility index (Phi) is 5.77. The van der Waals surface area contributed by atoms with Crippen molar-refractivity contribution >= 4 is 24.0 Å². The average molecular weight is 429 g/mol. The first-order valence-corrected chi connectivity index (χ1v) is 15.5. The molecule has 2 heterocycles. The van der Waals surface area contributed by atoms with E-state index in [1.54, 1.807) is 10.8 Å². The molecule has 162 valence electrons. The van der Waals surface area contributed by atoms with Crippen LogP contribution in [-0.2, 0) is 7.05 Å². The molecule has 2 aromatic carbocycles. The van der Waals surface area contributed by atoms with Gasteiger partial charge in [-0.05, 0) is 54.3 Å². The van der Waals surface area contributed by atoms with Crippen LogP contribution in [0.1, 0.15) is 68.4 Å². The van der Waals surface area contributed by atoms with E-state index in [1.807, 2.05) is 0 Å². The summed E-state index contributed by atoms with van der Waals surface area (Å²) in [5, 5.41) is 4.51. The zero-order valence-electron chi connectivity index (χ0n) is 19.7. The Morgan fingerprint density at radius 3 is 2.35 bits per heavy atom. The van der Waals surface area contributed by atoms with Crippen molar-refractivity contribution in [2.75, 3.05) is 0 Å². The normalized spacial score (nSPS) is 19.6. The fourth-order valence-electron chi connectivity index (χ4n) is 6.29. The van der Waals surface area contributed by atoms with E-state index in [9.17, 15) is 0 Å². The predicted octanol–water partition coefficient (Wildman–Crippen LogP) is 7.16. The van der Waals surface area contributed by atoms with Gasteiger partial charge in [-0.2, -0.15) is 0 Å². The number of pyridine rings is 1. The van der Waals surface area contributed by atoms with Crippen LogP contribution in [0.3, 0.4) is 0 Å². The van der Waals surface area contributed by atoms with Gasteiger partial charge in [-0.1, -0.05) is 86.6 Å². The van der Waals surface area contributed by atoms with Crippen molar-refractivity contribution in [3.05, 3.63) is 59.8 Å². The third-order valence-electron chi connectivity index (χ3n) is 8.38. The maximum atomic E-state index is 2.62. The Hall–Kier alpha value is -1.93. The summed E-state index contributed by atoms with van der Waals surface area (Å²) in [6.45, 7) is 4.90. The molecule has 0 amide bonds. The Morgan fingerprint density at radius 2 is 1.58 bits per heavy atom. The summed E-state index contributed by atoms with van der Waals surface area (Å²) in [5.74, 6) is 0.747. The first kappa shape index (κ1) is 20.9. The minimum absolute atomic E-state index is 0.747. The number of aromatic nitrogens is 1. The number of rotatable bonds is 3. The van der Waals surface area contributed by atoms with Gasteiger partial charge in [0.25, 0.3) is 0 Å². The second-order valence-electron chi connectivity index (χ2n) is 10.6. The molecule has 3 aromatic rings. The molecule has 1 aromatic heterocycles. The summed E-state index contributed by atoms with van der Waals surface area (Å²) < 4.78 is 2.34. The molecular weight excluding hydrogens is 390 g/mol. The average Bonchev–Trinajstić information content (AvgIpc) is 2.80. The maximum absolute atomic E-state index is 2.62. The molecule has 1 saturated carbocycles. The molecule has 1 aliphatic carbocycles. The maximum Gasteiger partial charge on any atom is 0.220 e. The van der Waals surface area contributed by atoms with E-state index in [2.05, 4.69) is 73.7 Å². The third kappa shape index (κ3) is 4.00. The Bertz CT molecular complexity index is 1090. The molecule has 0 atom stereocenters. The molecule has 2 heteroatoms. The van der Waals surface area contributed by atoms with Crippen LogP contribution < -0.4 is 9.75 Å². The van der Waals surface area contributed by atoms with Crippen molar-refractivity contribution in [3.63, 3.8) is 0 Å². The van der Waals surface area contributed by atoms with Crippen LogP contribution in [-0.4, -0.2) is 8.07 Å². The van der Waals surface area contributed by atoms with Crippen molar-refractivity contribution in [1.82, 2.24) is 0 Å². The summed E-state index contributed by atoms with van der Waals surface area (Å²) >= 11 is 0. The largest absolute Gasteiger partial charge is 0.220 e. The number of nitrogens with zero attached hydrogens (tertiary/aromatic N) is 1. The molecule has 31 heavy (non-hydrogen) atoms. The van der Waals surface area contributed by atoms with Gasteiger partial charge in [0.05, 0.1) is 13.5 Å². The van der Waals surface area contributed by atoms with Gasteiger partial charge in [0.2, 0.25) is 5.69 Å². The molecule has 2 fully saturated rings. The number of hydrogen-bond acceptors (Lipinski definition) is 0. The SMILES string of the molecule is Cc1ccc(C2CCCCC2)cc1-c1c2ccc([Si]3(C)CCCCC3)cc2cc[n+]1C. The van der Waals surface area contributed by atoms with E-state index in [4.69, 9.17) is 0 Å². The number of hydrogen-bond donors (Lipinski definition) is 0. The van der Waals surface area contributed by atoms with Crippen LogP contribution in [0.25, 0.3) is 22.0 Å². The second kappa shape index (κ2) is 8.54. The van der Waals surface area contributed by atoms with Crippen molar-refractivity contribution in [2.45, 2.75) is 82.8 Å². The molecule has 0 radical (unpaired) electrons. The lowest BCUT2D eigenvalue weighted by Gasteiger charge is -2.32. The van der Waals surface area contributed by atoms with E-state index >= 15 is 0 Å². The Morgan fingerprint density at radius 1 is 0.839 bits per heavy atom. The Balaban J connectivity index is 1.60. The fraction of sp³-hybridized carbons (Fsp3) is 0.483. The molecule has 0 bridgehead atoms. The first-order chi connectivity index (χ1) is 15.0. The minimum Gasteiger partial charge on any atom is -0.200 e. The van der Waals surface area contributed by atoms with Gasteiger partial charge in [0, 0.05) is 11.6 Å². The summed E-state index contributed by atoms with van der Waals surface area (Å²) in [6, 6.07) is 20.0. The van der Waals surface area contributed by atoms with Gasteiger partial charge in [0.1, 0.15) is 7.05 Å². The standard InChI is InChI=1S/C29H38NSi/c1-22-12-13-24(23-10-6-4-7-11-23)21-28(22)29-27-15-14-26(20-25(27)16-17-30(29)2)31(3)18-8-5-9-19-31/h12-17,20-21,23H,4-11,18-19H2,1-3H3/q+1. The van der Waals surface area contributed by atoms with Crippen LogP contribution in [0.4, 0.5) is 0 Å². The summed E-state index contributed by atoms with van der Waals surface area (Å²) in [5.41, 5.74) is 5.75. The Labute approximate surface area is 189 Å². The zero-order valence-corrected chi connectivity index (χ0v) is 20.7. The summed E-state index contributed by atoms with van der Waals surface area (Å²) in [6.07, 6.45) is 13.5. The highest BCUT2D eigenvalue weighted by Crippen LogP contribution is 2.36. The molecule has 0 spiro atoms. The summed E-state index contributed by atoms with van der Waals surface area (Å²) in [4.78, 5) is 0. The van der Waals surface area contributed by atoms with E-state index in [0.29, 0.717) is 0 Å². The van der Waals surface area contributed by atoms with Gasteiger partial charge in [-0.15, -0.1) is 0 Å². The van der Waals surface area contributed by atoms with E-state index in [1.165, 1.54) is 91.0 Å². The van der Waals surface area contributed by atoms with E-state index in [-0.39, 0.29) is 0 Å². The van der Waals surface area contributed by atoms with Crippen LogP contribution in [0.2, 0.25) is 18.6 Å². The number of aryl methyl sites for hydroxylation is 2. The molecular formula is C29H38NSi+. The molecule has 2 aliphatic rings. The number of benzene rings is 2. The highest BCUT2D eigenvalue weighted by molar-refractivity contribution is 6.91.